The number of aromatic nitrogens is 4. The van der Waals surface area contributed by atoms with Gasteiger partial charge in [0.05, 0.1) is 24.3 Å². The minimum absolute atomic E-state index is 0. The number of nitrogens with one attached hydrogen (secondary N) is 1. The zero-order valence-electron chi connectivity index (χ0n) is 11.0. The lowest BCUT2D eigenvalue weighted by Gasteiger charge is -2.15. The van der Waals surface area contributed by atoms with E-state index in [9.17, 15) is 13.6 Å². The molecule has 7 nitrogen and oxygen atoms in total. The van der Waals surface area contributed by atoms with Gasteiger partial charge in [0.1, 0.15) is 6.33 Å². The zero-order valence-corrected chi connectivity index (χ0v) is 12.6. The number of hydrogen-bond acceptors (Lipinski definition) is 5. The maximum Gasteiger partial charge on any atom is 0.277 e. The molecule has 0 saturated heterocycles. The molecule has 0 spiro atoms. The standard InChI is InChI=1S/C11H11ClF2N6O.ClH/c12-7-1-2-9(20-6-17-18-19-20)8(3-7)10(21)16-5-11(13,14)4-15;/h1-3,6H,4-5,15H2,(H,16,21);1H. The number of halogens is 4. The molecule has 120 valence electrons. The molecule has 2 aromatic rings. The van der Waals surface area contributed by atoms with Crippen LogP contribution in [0.5, 0.6) is 0 Å². The number of alkyl halides is 2. The van der Waals surface area contributed by atoms with E-state index in [4.69, 9.17) is 17.3 Å². The molecule has 1 amide bonds. The van der Waals surface area contributed by atoms with Crippen molar-refractivity contribution < 1.29 is 13.6 Å². The van der Waals surface area contributed by atoms with Crippen molar-refractivity contribution in [2.45, 2.75) is 5.92 Å². The minimum Gasteiger partial charge on any atom is -0.346 e. The third-order valence-electron chi connectivity index (χ3n) is 2.61. The van der Waals surface area contributed by atoms with Crippen LogP contribution in [-0.2, 0) is 0 Å². The van der Waals surface area contributed by atoms with Crippen molar-refractivity contribution in [2.24, 2.45) is 5.73 Å². The first-order valence-electron chi connectivity index (χ1n) is 5.82. The smallest absolute Gasteiger partial charge is 0.277 e. The van der Waals surface area contributed by atoms with Crippen LogP contribution < -0.4 is 11.1 Å². The fourth-order valence-electron chi connectivity index (χ4n) is 1.54. The van der Waals surface area contributed by atoms with Gasteiger partial charge in [-0.1, -0.05) is 11.6 Å². The van der Waals surface area contributed by atoms with E-state index < -0.39 is 24.9 Å². The molecule has 2 rings (SSSR count). The minimum atomic E-state index is -3.18. The molecule has 0 aliphatic heterocycles. The maximum absolute atomic E-state index is 13.1. The Morgan fingerprint density at radius 1 is 1.45 bits per heavy atom. The van der Waals surface area contributed by atoms with Gasteiger partial charge in [-0.2, -0.15) is 4.68 Å². The third kappa shape index (κ3) is 4.33. The van der Waals surface area contributed by atoms with Gasteiger partial charge in [0.25, 0.3) is 11.8 Å². The fraction of sp³-hybridized carbons (Fsp3) is 0.273. The summed E-state index contributed by atoms with van der Waals surface area (Å²) in [7, 11) is 0. The molecule has 0 bridgehead atoms. The number of hydrogen-bond donors (Lipinski definition) is 2. The summed E-state index contributed by atoms with van der Waals surface area (Å²) in [5.41, 5.74) is 5.30. The second-order valence-electron chi connectivity index (χ2n) is 4.16. The van der Waals surface area contributed by atoms with Gasteiger partial charge in [-0.05, 0) is 28.6 Å². The highest BCUT2D eigenvalue weighted by Crippen LogP contribution is 2.19. The molecule has 0 fully saturated rings. The van der Waals surface area contributed by atoms with Crippen LogP contribution in [0.2, 0.25) is 5.02 Å². The highest BCUT2D eigenvalue weighted by atomic mass is 35.5. The van der Waals surface area contributed by atoms with Crippen LogP contribution in [0.15, 0.2) is 24.5 Å². The van der Waals surface area contributed by atoms with Gasteiger partial charge in [-0.3, -0.25) is 4.79 Å². The highest BCUT2D eigenvalue weighted by molar-refractivity contribution is 6.31. The predicted molar refractivity (Wildman–Crippen MR) is 77.7 cm³/mol. The Kier molecular flexibility index (Phi) is 6.15. The summed E-state index contributed by atoms with van der Waals surface area (Å²) in [5.74, 6) is -3.90. The van der Waals surface area contributed by atoms with Gasteiger partial charge in [0, 0.05) is 5.02 Å². The van der Waals surface area contributed by atoms with E-state index >= 15 is 0 Å². The first-order chi connectivity index (χ1) is 9.93. The molecule has 0 aliphatic rings. The lowest BCUT2D eigenvalue weighted by molar-refractivity contribution is 0.0118. The Labute approximate surface area is 135 Å². The maximum atomic E-state index is 13.1. The molecule has 0 atom stereocenters. The van der Waals surface area contributed by atoms with E-state index in [1.165, 1.54) is 29.2 Å². The second kappa shape index (κ2) is 7.43. The molecular formula is C11H12Cl2F2N6O. The predicted octanol–water partition coefficient (Wildman–Crippen LogP) is 1.06. The molecule has 0 unspecified atom stereocenters. The molecule has 1 aromatic carbocycles. The number of benzene rings is 1. The molecule has 1 aromatic heterocycles. The summed E-state index contributed by atoms with van der Waals surface area (Å²) in [4.78, 5) is 12.0. The lowest BCUT2D eigenvalue weighted by Crippen LogP contribution is -2.41. The van der Waals surface area contributed by atoms with Gasteiger partial charge in [-0.15, -0.1) is 17.5 Å². The van der Waals surface area contributed by atoms with Crippen molar-refractivity contribution in [3.05, 3.63) is 35.1 Å². The van der Waals surface area contributed by atoms with Crippen LogP contribution in [0.3, 0.4) is 0 Å². The van der Waals surface area contributed by atoms with Crippen molar-refractivity contribution in [2.75, 3.05) is 13.1 Å². The number of carbonyl (C=O) groups is 1. The van der Waals surface area contributed by atoms with Crippen molar-refractivity contribution in [1.82, 2.24) is 25.5 Å². The SMILES string of the molecule is Cl.NCC(F)(F)CNC(=O)c1cc(Cl)ccc1-n1cnnn1. The van der Waals surface area contributed by atoms with E-state index in [0.29, 0.717) is 5.69 Å². The Morgan fingerprint density at radius 2 is 2.18 bits per heavy atom. The third-order valence-corrected chi connectivity index (χ3v) is 2.84. The summed E-state index contributed by atoms with van der Waals surface area (Å²) in [5, 5.41) is 12.9. The molecule has 0 radical (unpaired) electrons. The van der Waals surface area contributed by atoms with E-state index in [2.05, 4.69) is 20.8 Å². The fourth-order valence-corrected chi connectivity index (χ4v) is 1.71. The molecule has 1 heterocycles. The van der Waals surface area contributed by atoms with E-state index in [1.54, 1.807) is 0 Å². The highest BCUT2D eigenvalue weighted by Gasteiger charge is 2.28. The quantitative estimate of drug-likeness (QED) is 0.838. The molecular weight excluding hydrogens is 341 g/mol. The molecule has 0 saturated carbocycles. The molecule has 11 heteroatoms. The Balaban J connectivity index is 0.00000242. The van der Waals surface area contributed by atoms with E-state index in [1.807, 2.05) is 0 Å². The van der Waals surface area contributed by atoms with Crippen molar-refractivity contribution in [3.8, 4) is 5.69 Å². The van der Waals surface area contributed by atoms with Crippen molar-refractivity contribution >= 4 is 29.9 Å². The van der Waals surface area contributed by atoms with Crippen molar-refractivity contribution in [1.29, 1.82) is 0 Å². The monoisotopic (exact) mass is 352 g/mol. The van der Waals surface area contributed by atoms with Crippen LogP contribution in [-0.4, -0.2) is 45.1 Å². The Bertz CT molecular complexity index is 638. The van der Waals surface area contributed by atoms with Crippen LogP contribution >= 0.6 is 24.0 Å². The molecule has 3 N–H and O–H groups in total. The lowest BCUT2D eigenvalue weighted by atomic mass is 10.1. The number of rotatable bonds is 5. The summed E-state index contributed by atoms with van der Waals surface area (Å²) in [6.45, 7) is -1.73. The number of nitrogens with zero attached hydrogens (tertiary/aromatic N) is 4. The van der Waals surface area contributed by atoms with Gasteiger partial charge in [0.2, 0.25) is 0 Å². The molecule has 22 heavy (non-hydrogen) atoms. The number of nitrogens with two attached hydrogens (primary N) is 1. The summed E-state index contributed by atoms with van der Waals surface area (Å²) >= 11 is 5.83. The van der Waals surface area contributed by atoms with Gasteiger partial charge < -0.3 is 11.1 Å². The summed E-state index contributed by atoms with van der Waals surface area (Å²) in [6.07, 6.45) is 1.27. The summed E-state index contributed by atoms with van der Waals surface area (Å²) < 4.78 is 27.4. The average molecular weight is 353 g/mol. The Morgan fingerprint density at radius 3 is 2.77 bits per heavy atom. The van der Waals surface area contributed by atoms with Crippen LogP contribution in [0.4, 0.5) is 8.78 Å². The number of amides is 1. The second-order valence-corrected chi connectivity index (χ2v) is 4.60. The van der Waals surface area contributed by atoms with Crippen LogP contribution in [0.1, 0.15) is 10.4 Å². The van der Waals surface area contributed by atoms with Crippen LogP contribution in [0.25, 0.3) is 5.69 Å². The van der Waals surface area contributed by atoms with E-state index in [-0.39, 0.29) is 23.0 Å². The van der Waals surface area contributed by atoms with E-state index in [0.717, 1.165) is 0 Å². The van der Waals surface area contributed by atoms with Gasteiger partial charge in [0.15, 0.2) is 0 Å². The van der Waals surface area contributed by atoms with Crippen molar-refractivity contribution in [3.63, 3.8) is 0 Å². The normalized spacial score (nSPS) is 10.9. The number of tetrazole rings is 1. The molecule has 0 aliphatic carbocycles. The Hall–Kier alpha value is -1.84. The van der Waals surface area contributed by atoms with Gasteiger partial charge >= 0.3 is 0 Å². The number of carbonyl (C=O) groups excluding carboxylic acids is 1. The topological polar surface area (TPSA) is 98.7 Å². The first-order valence-corrected chi connectivity index (χ1v) is 6.20. The summed E-state index contributed by atoms with van der Waals surface area (Å²) in [6, 6.07) is 4.38. The largest absolute Gasteiger partial charge is 0.346 e. The first kappa shape index (κ1) is 18.2. The average Bonchev–Trinajstić information content (AvgIpc) is 2.99. The van der Waals surface area contributed by atoms with Gasteiger partial charge in [-0.25, -0.2) is 8.78 Å². The van der Waals surface area contributed by atoms with Crippen LogP contribution in [0, 0.1) is 0 Å². The zero-order chi connectivity index (χ0) is 15.5.